The molecule has 3 saturated carbocycles. The minimum atomic E-state index is -2.27. The van der Waals surface area contributed by atoms with E-state index in [0.717, 1.165) is 0 Å². The van der Waals surface area contributed by atoms with Crippen molar-refractivity contribution in [3.05, 3.63) is 23.8 Å². The highest BCUT2D eigenvalue weighted by Crippen LogP contribution is 2.72. The average molecular weight is 451 g/mol. The first kappa shape index (κ1) is 22.3. The van der Waals surface area contributed by atoms with Crippen molar-refractivity contribution >= 4 is 11.6 Å². The van der Waals surface area contributed by atoms with Crippen LogP contribution in [0.15, 0.2) is 23.8 Å². The van der Waals surface area contributed by atoms with E-state index < -0.39 is 64.0 Å². The van der Waals surface area contributed by atoms with Crippen LogP contribution in [-0.4, -0.2) is 62.4 Å². The molecule has 5 aliphatic rings. The second kappa shape index (κ2) is 6.36. The molecule has 0 radical (unpaired) electrons. The van der Waals surface area contributed by atoms with Crippen LogP contribution in [0.2, 0.25) is 0 Å². The van der Waals surface area contributed by atoms with Gasteiger partial charge >= 0.3 is 0 Å². The molecule has 3 N–H and O–H groups in total. The van der Waals surface area contributed by atoms with Gasteiger partial charge in [-0.05, 0) is 64.5 Å². The van der Waals surface area contributed by atoms with Crippen molar-refractivity contribution in [2.45, 2.75) is 88.9 Å². The SMILES string of the molecule is CC1(C)OC2CC3C4CCC5=CC(=O)C=CC5(C)C4(F)C(O)CC3(C)C2(C(=O)C(O)O)O1. The van der Waals surface area contributed by atoms with Crippen molar-refractivity contribution < 1.29 is 38.8 Å². The number of ketones is 2. The normalized spacial score (nSPS) is 51.0. The summed E-state index contributed by atoms with van der Waals surface area (Å²) in [6.45, 7) is 6.82. The number of alkyl halides is 1. The summed E-state index contributed by atoms with van der Waals surface area (Å²) in [7, 11) is 0. The fourth-order valence-electron chi connectivity index (χ4n) is 7.94. The number of carbonyl (C=O) groups excluding carboxylic acids is 2. The van der Waals surface area contributed by atoms with Gasteiger partial charge in [0.15, 0.2) is 22.8 Å². The number of allylic oxidation sites excluding steroid dienone is 4. The Bertz CT molecular complexity index is 956. The van der Waals surface area contributed by atoms with Crippen molar-refractivity contribution in [2.75, 3.05) is 0 Å². The van der Waals surface area contributed by atoms with Gasteiger partial charge in [0.05, 0.1) is 12.2 Å². The van der Waals surface area contributed by atoms with Gasteiger partial charge in [-0.15, -0.1) is 0 Å². The van der Waals surface area contributed by atoms with Crippen molar-refractivity contribution in [1.82, 2.24) is 0 Å². The first-order chi connectivity index (χ1) is 14.7. The van der Waals surface area contributed by atoms with Crippen molar-refractivity contribution in [3.8, 4) is 0 Å². The molecule has 4 aliphatic carbocycles. The number of fused-ring (bicyclic) bond motifs is 7. The van der Waals surface area contributed by atoms with Gasteiger partial charge in [0.25, 0.3) is 0 Å². The summed E-state index contributed by atoms with van der Waals surface area (Å²) in [6.07, 6.45) is 1.00. The van der Waals surface area contributed by atoms with Crippen LogP contribution in [0.25, 0.3) is 0 Å². The van der Waals surface area contributed by atoms with E-state index in [1.165, 1.54) is 12.2 Å². The molecule has 5 rings (SSSR count). The van der Waals surface area contributed by atoms with E-state index >= 15 is 4.39 Å². The van der Waals surface area contributed by atoms with E-state index in [1.54, 1.807) is 33.8 Å². The number of halogens is 1. The van der Waals surface area contributed by atoms with Crippen LogP contribution in [-0.2, 0) is 19.1 Å². The zero-order valence-electron chi connectivity index (χ0n) is 18.8. The Morgan fingerprint density at radius 2 is 1.91 bits per heavy atom. The van der Waals surface area contributed by atoms with Gasteiger partial charge in [0, 0.05) is 16.7 Å². The van der Waals surface area contributed by atoms with Crippen LogP contribution in [0.3, 0.4) is 0 Å². The predicted molar refractivity (Wildman–Crippen MR) is 110 cm³/mol. The number of aliphatic hydroxyl groups is 3. The number of ether oxygens (including phenoxy) is 2. The summed E-state index contributed by atoms with van der Waals surface area (Å²) in [5.74, 6) is -3.26. The molecule has 7 nitrogen and oxygen atoms in total. The molecule has 4 fully saturated rings. The predicted octanol–water partition coefficient (Wildman–Crippen LogP) is 1.74. The Morgan fingerprint density at radius 3 is 2.56 bits per heavy atom. The summed E-state index contributed by atoms with van der Waals surface area (Å²) in [5.41, 5.74) is -5.29. The third-order valence-electron chi connectivity index (χ3n) is 9.23. The minimum Gasteiger partial charge on any atom is -0.390 e. The summed E-state index contributed by atoms with van der Waals surface area (Å²) >= 11 is 0. The van der Waals surface area contributed by atoms with E-state index in [9.17, 15) is 24.9 Å². The fraction of sp³-hybridized carbons (Fsp3) is 0.750. The zero-order chi connectivity index (χ0) is 23.5. The van der Waals surface area contributed by atoms with Crippen LogP contribution >= 0.6 is 0 Å². The Morgan fingerprint density at radius 1 is 1.22 bits per heavy atom. The highest BCUT2D eigenvalue weighted by molar-refractivity contribution is 6.01. The summed E-state index contributed by atoms with van der Waals surface area (Å²) < 4.78 is 29.4. The smallest absolute Gasteiger partial charge is 0.223 e. The highest BCUT2D eigenvalue weighted by atomic mass is 19.1. The summed E-state index contributed by atoms with van der Waals surface area (Å²) in [6, 6.07) is 0. The molecule has 0 spiro atoms. The Balaban J connectivity index is 1.64. The maximum Gasteiger partial charge on any atom is 0.223 e. The van der Waals surface area contributed by atoms with E-state index in [2.05, 4.69) is 0 Å². The number of aliphatic hydroxyl groups excluding tert-OH is 2. The van der Waals surface area contributed by atoms with Crippen molar-refractivity contribution in [3.63, 3.8) is 0 Å². The van der Waals surface area contributed by atoms with Gasteiger partial charge in [-0.25, -0.2) is 4.39 Å². The number of hydrogen-bond acceptors (Lipinski definition) is 7. The molecule has 1 saturated heterocycles. The maximum atomic E-state index is 17.2. The van der Waals surface area contributed by atoms with E-state index in [0.29, 0.717) is 24.8 Å². The zero-order valence-corrected chi connectivity index (χ0v) is 18.8. The Labute approximate surface area is 186 Å². The first-order valence-electron chi connectivity index (χ1n) is 11.3. The van der Waals surface area contributed by atoms with E-state index in [1.807, 2.05) is 0 Å². The maximum absolute atomic E-state index is 17.2. The average Bonchev–Trinajstić information content (AvgIpc) is 3.09. The molecule has 0 aromatic rings. The molecule has 32 heavy (non-hydrogen) atoms. The molecule has 0 amide bonds. The monoisotopic (exact) mass is 450 g/mol. The Hall–Kier alpha value is -1.45. The first-order valence-corrected chi connectivity index (χ1v) is 11.3. The molecule has 176 valence electrons. The van der Waals surface area contributed by atoms with Gasteiger partial charge in [-0.3, -0.25) is 9.59 Å². The van der Waals surface area contributed by atoms with Crippen molar-refractivity contribution in [1.29, 1.82) is 0 Å². The molecule has 8 unspecified atom stereocenters. The molecule has 0 aromatic heterocycles. The summed E-state index contributed by atoms with van der Waals surface area (Å²) in [4.78, 5) is 25.2. The minimum absolute atomic E-state index is 0.107. The molecule has 8 atom stereocenters. The lowest BCUT2D eigenvalue weighted by atomic mass is 9.44. The third-order valence-corrected chi connectivity index (χ3v) is 9.23. The number of rotatable bonds is 2. The molecule has 1 heterocycles. The largest absolute Gasteiger partial charge is 0.390 e. The molecule has 0 bridgehead atoms. The second-order valence-electron chi connectivity index (χ2n) is 11.1. The molecular formula is C24H31FO7. The van der Waals surface area contributed by atoms with Gasteiger partial charge < -0.3 is 24.8 Å². The van der Waals surface area contributed by atoms with Gasteiger partial charge in [-0.2, -0.15) is 0 Å². The van der Waals surface area contributed by atoms with Gasteiger partial charge in [0.2, 0.25) is 12.1 Å². The molecular weight excluding hydrogens is 419 g/mol. The highest BCUT2D eigenvalue weighted by Gasteiger charge is 2.80. The lowest BCUT2D eigenvalue weighted by molar-refractivity contribution is -0.250. The fourth-order valence-corrected chi connectivity index (χ4v) is 7.94. The van der Waals surface area contributed by atoms with Gasteiger partial charge in [0.1, 0.15) is 0 Å². The number of hydrogen-bond donors (Lipinski definition) is 3. The van der Waals surface area contributed by atoms with Crippen LogP contribution in [0, 0.1) is 22.7 Å². The summed E-state index contributed by atoms with van der Waals surface area (Å²) in [5, 5.41) is 31.1. The standard InChI is InChI=1S/C24H31FO7/c1-20(2)31-17-10-15-14-6-5-12-9-13(26)7-8-21(12,3)23(14,25)16(27)11-22(15,4)24(17,32-20)18(28)19(29)30/h7-9,14-17,19,27,29-30H,5-6,10-11H2,1-4H3. The van der Waals surface area contributed by atoms with E-state index in [4.69, 9.17) is 9.47 Å². The van der Waals surface area contributed by atoms with Crippen molar-refractivity contribution in [2.24, 2.45) is 22.7 Å². The van der Waals surface area contributed by atoms with Crippen LogP contribution in [0.4, 0.5) is 4.39 Å². The number of Topliss-reactive ketones (excluding diaryl/α,β-unsaturated/α-hetero) is 1. The lowest BCUT2D eigenvalue weighted by Gasteiger charge is -2.62. The number of carbonyl (C=O) groups is 2. The Kier molecular flexibility index (Phi) is 4.44. The van der Waals surface area contributed by atoms with Crippen LogP contribution in [0.5, 0.6) is 0 Å². The van der Waals surface area contributed by atoms with Crippen LogP contribution in [0.1, 0.15) is 53.4 Å². The molecule has 8 heteroatoms. The lowest BCUT2D eigenvalue weighted by Crippen LogP contribution is -2.70. The van der Waals surface area contributed by atoms with Crippen LogP contribution < -0.4 is 0 Å². The van der Waals surface area contributed by atoms with Gasteiger partial charge in [-0.1, -0.05) is 18.6 Å². The quantitative estimate of drug-likeness (QED) is 0.549. The second-order valence-corrected chi connectivity index (χ2v) is 11.1. The van der Waals surface area contributed by atoms with E-state index in [-0.39, 0.29) is 12.2 Å². The topological polar surface area (TPSA) is 113 Å². The molecule has 0 aromatic carbocycles. The molecule has 1 aliphatic heterocycles. The third kappa shape index (κ3) is 2.37.